The SMILES string of the molecule is CCN1CCN(CC(C)C(N)c2ccc(F)cn2)CC1. The van der Waals surface area contributed by atoms with Gasteiger partial charge in [-0.15, -0.1) is 0 Å². The van der Waals surface area contributed by atoms with Crippen LogP contribution in [0.1, 0.15) is 25.6 Å². The molecule has 4 nitrogen and oxygen atoms in total. The Morgan fingerprint density at radius 3 is 2.45 bits per heavy atom. The van der Waals surface area contributed by atoms with E-state index in [1.54, 1.807) is 6.07 Å². The lowest BCUT2D eigenvalue weighted by Gasteiger charge is -2.36. The molecule has 1 saturated heterocycles. The number of nitrogens with two attached hydrogens (primary N) is 1. The molecule has 1 aromatic rings. The maximum Gasteiger partial charge on any atom is 0.141 e. The molecule has 1 fully saturated rings. The molecule has 2 rings (SSSR count). The summed E-state index contributed by atoms with van der Waals surface area (Å²) in [6.45, 7) is 10.9. The molecule has 0 saturated carbocycles. The number of pyridine rings is 1. The fourth-order valence-corrected chi connectivity index (χ4v) is 2.68. The zero-order chi connectivity index (χ0) is 14.5. The number of piperazine rings is 1. The highest BCUT2D eigenvalue weighted by Gasteiger charge is 2.22. The summed E-state index contributed by atoms with van der Waals surface area (Å²) in [6, 6.07) is 2.97. The Morgan fingerprint density at radius 2 is 1.90 bits per heavy atom. The topological polar surface area (TPSA) is 45.4 Å². The maximum absolute atomic E-state index is 12.9. The standard InChI is InChI=1S/C15H25FN4/c1-3-19-6-8-20(9-7-19)11-12(2)15(17)14-5-4-13(16)10-18-14/h4-5,10,12,15H,3,6-9,11,17H2,1-2H3. The summed E-state index contributed by atoms with van der Waals surface area (Å²) in [4.78, 5) is 9.01. The molecule has 0 spiro atoms. The van der Waals surface area contributed by atoms with Gasteiger partial charge in [0.2, 0.25) is 0 Å². The molecule has 2 atom stereocenters. The van der Waals surface area contributed by atoms with Crippen molar-refractivity contribution >= 4 is 0 Å². The van der Waals surface area contributed by atoms with Gasteiger partial charge < -0.3 is 15.5 Å². The van der Waals surface area contributed by atoms with Crippen molar-refractivity contribution in [2.75, 3.05) is 39.3 Å². The van der Waals surface area contributed by atoms with Crippen molar-refractivity contribution in [3.05, 3.63) is 29.8 Å². The largest absolute Gasteiger partial charge is 0.322 e. The number of hydrogen-bond donors (Lipinski definition) is 1. The Kier molecular flexibility index (Phi) is 5.46. The van der Waals surface area contributed by atoms with Crippen LogP contribution in [0.25, 0.3) is 0 Å². The van der Waals surface area contributed by atoms with Gasteiger partial charge >= 0.3 is 0 Å². The molecule has 0 aliphatic carbocycles. The van der Waals surface area contributed by atoms with Gasteiger partial charge in [0.25, 0.3) is 0 Å². The van der Waals surface area contributed by atoms with E-state index in [4.69, 9.17) is 5.73 Å². The Morgan fingerprint density at radius 1 is 1.25 bits per heavy atom. The first-order valence-corrected chi connectivity index (χ1v) is 7.42. The van der Waals surface area contributed by atoms with Gasteiger partial charge in [-0.05, 0) is 24.6 Å². The number of hydrogen-bond acceptors (Lipinski definition) is 4. The lowest BCUT2D eigenvalue weighted by atomic mass is 9.98. The minimum atomic E-state index is -0.315. The van der Waals surface area contributed by atoms with Crippen molar-refractivity contribution in [3.8, 4) is 0 Å². The lowest BCUT2D eigenvalue weighted by Crippen LogP contribution is -2.48. The highest BCUT2D eigenvalue weighted by molar-refractivity contribution is 5.10. The Labute approximate surface area is 120 Å². The zero-order valence-electron chi connectivity index (χ0n) is 12.4. The van der Waals surface area contributed by atoms with Crippen LogP contribution < -0.4 is 5.73 Å². The smallest absolute Gasteiger partial charge is 0.141 e. The monoisotopic (exact) mass is 280 g/mol. The van der Waals surface area contributed by atoms with Gasteiger partial charge in [0.15, 0.2) is 0 Å². The second-order valence-electron chi connectivity index (χ2n) is 5.64. The summed E-state index contributed by atoms with van der Waals surface area (Å²) in [7, 11) is 0. The molecular formula is C15H25FN4. The van der Waals surface area contributed by atoms with E-state index in [0.29, 0.717) is 5.92 Å². The molecule has 0 amide bonds. The molecular weight excluding hydrogens is 255 g/mol. The van der Waals surface area contributed by atoms with Crippen molar-refractivity contribution in [2.24, 2.45) is 11.7 Å². The van der Waals surface area contributed by atoms with Gasteiger partial charge in [-0.25, -0.2) is 4.39 Å². The van der Waals surface area contributed by atoms with E-state index in [9.17, 15) is 4.39 Å². The Bertz CT molecular complexity index is 401. The molecule has 0 aromatic carbocycles. The van der Waals surface area contributed by atoms with Crippen LogP contribution in [0.5, 0.6) is 0 Å². The van der Waals surface area contributed by atoms with Crippen molar-refractivity contribution in [1.82, 2.24) is 14.8 Å². The molecule has 20 heavy (non-hydrogen) atoms. The summed E-state index contributed by atoms with van der Waals surface area (Å²) < 4.78 is 12.9. The third kappa shape index (κ3) is 3.98. The predicted octanol–water partition coefficient (Wildman–Crippen LogP) is 1.49. The van der Waals surface area contributed by atoms with Crippen LogP contribution in [0.4, 0.5) is 4.39 Å². The number of nitrogens with zero attached hydrogens (tertiary/aromatic N) is 3. The molecule has 1 aliphatic heterocycles. The van der Waals surface area contributed by atoms with Crippen LogP contribution in [0, 0.1) is 11.7 Å². The van der Waals surface area contributed by atoms with E-state index < -0.39 is 0 Å². The van der Waals surface area contributed by atoms with Crippen molar-refractivity contribution in [1.29, 1.82) is 0 Å². The van der Waals surface area contributed by atoms with Gasteiger partial charge in [-0.2, -0.15) is 0 Å². The normalized spacial score (nSPS) is 20.8. The summed E-state index contributed by atoms with van der Waals surface area (Å²) in [5, 5.41) is 0. The lowest BCUT2D eigenvalue weighted by molar-refractivity contribution is 0.119. The third-order valence-electron chi connectivity index (χ3n) is 4.16. The van der Waals surface area contributed by atoms with E-state index in [0.717, 1.165) is 45.0 Å². The molecule has 1 aromatic heterocycles. The number of aromatic nitrogens is 1. The zero-order valence-corrected chi connectivity index (χ0v) is 12.4. The number of likely N-dealkylation sites (N-methyl/N-ethyl adjacent to an activating group) is 1. The van der Waals surface area contributed by atoms with E-state index in [1.165, 1.54) is 12.3 Å². The van der Waals surface area contributed by atoms with Gasteiger partial charge in [0, 0.05) is 32.7 Å². The molecule has 2 unspecified atom stereocenters. The molecule has 5 heteroatoms. The van der Waals surface area contributed by atoms with Crippen LogP contribution in [0.3, 0.4) is 0 Å². The summed E-state index contributed by atoms with van der Waals surface area (Å²) in [6.07, 6.45) is 1.24. The molecule has 2 N–H and O–H groups in total. The van der Waals surface area contributed by atoms with Crippen molar-refractivity contribution < 1.29 is 4.39 Å². The first-order chi connectivity index (χ1) is 9.60. The minimum absolute atomic E-state index is 0.139. The van der Waals surface area contributed by atoms with Gasteiger partial charge in [-0.1, -0.05) is 13.8 Å². The molecule has 112 valence electrons. The third-order valence-corrected chi connectivity index (χ3v) is 4.16. The molecule has 0 radical (unpaired) electrons. The predicted molar refractivity (Wildman–Crippen MR) is 78.8 cm³/mol. The quantitative estimate of drug-likeness (QED) is 0.888. The molecule has 2 heterocycles. The Hall–Kier alpha value is -1.04. The van der Waals surface area contributed by atoms with Gasteiger partial charge in [0.1, 0.15) is 5.82 Å². The first kappa shape index (κ1) is 15.4. The van der Waals surface area contributed by atoms with E-state index in [-0.39, 0.29) is 11.9 Å². The second-order valence-corrected chi connectivity index (χ2v) is 5.64. The van der Waals surface area contributed by atoms with Crippen molar-refractivity contribution in [3.63, 3.8) is 0 Å². The molecule has 1 aliphatic rings. The highest BCUT2D eigenvalue weighted by Crippen LogP contribution is 2.19. The van der Waals surface area contributed by atoms with Crippen LogP contribution in [-0.4, -0.2) is 54.1 Å². The average molecular weight is 280 g/mol. The van der Waals surface area contributed by atoms with E-state index >= 15 is 0 Å². The van der Waals surface area contributed by atoms with Gasteiger partial charge in [-0.3, -0.25) is 4.98 Å². The summed E-state index contributed by atoms with van der Waals surface area (Å²) in [5.41, 5.74) is 7.01. The number of rotatable bonds is 5. The maximum atomic E-state index is 12.9. The van der Waals surface area contributed by atoms with Crippen LogP contribution in [0.2, 0.25) is 0 Å². The minimum Gasteiger partial charge on any atom is -0.322 e. The van der Waals surface area contributed by atoms with Crippen molar-refractivity contribution in [2.45, 2.75) is 19.9 Å². The fraction of sp³-hybridized carbons (Fsp3) is 0.667. The highest BCUT2D eigenvalue weighted by atomic mass is 19.1. The van der Waals surface area contributed by atoms with Crippen LogP contribution in [-0.2, 0) is 0 Å². The first-order valence-electron chi connectivity index (χ1n) is 7.42. The Balaban J connectivity index is 1.85. The van der Waals surface area contributed by atoms with E-state index in [1.807, 2.05) is 0 Å². The van der Waals surface area contributed by atoms with Crippen LogP contribution in [0.15, 0.2) is 18.3 Å². The molecule has 0 bridgehead atoms. The second kappa shape index (κ2) is 7.11. The number of halogens is 1. The van der Waals surface area contributed by atoms with E-state index in [2.05, 4.69) is 28.6 Å². The summed E-state index contributed by atoms with van der Waals surface area (Å²) in [5.74, 6) is -0.00886. The fourth-order valence-electron chi connectivity index (χ4n) is 2.68. The van der Waals surface area contributed by atoms with Crippen LogP contribution >= 0.6 is 0 Å². The van der Waals surface area contributed by atoms with Gasteiger partial charge in [0.05, 0.1) is 17.9 Å². The summed E-state index contributed by atoms with van der Waals surface area (Å²) >= 11 is 0. The average Bonchev–Trinajstić information content (AvgIpc) is 2.48.